The van der Waals surface area contributed by atoms with E-state index < -0.39 is 0 Å². The first-order valence-electron chi connectivity index (χ1n) is 9.96. The highest BCUT2D eigenvalue weighted by Crippen LogP contribution is 2.25. The van der Waals surface area contributed by atoms with Gasteiger partial charge in [-0.3, -0.25) is 9.59 Å². The summed E-state index contributed by atoms with van der Waals surface area (Å²) in [6, 6.07) is 13.1. The monoisotopic (exact) mass is 408 g/mol. The van der Waals surface area contributed by atoms with E-state index in [1.165, 1.54) is 16.3 Å². The van der Waals surface area contributed by atoms with Crippen LogP contribution in [0, 0.1) is 6.92 Å². The molecule has 29 heavy (non-hydrogen) atoms. The molecule has 150 valence electrons. The molecular weight excluding hydrogens is 384 g/mol. The van der Waals surface area contributed by atoms with E-state index in [4.69, 9.17) is 4.98 Å². The van der Waals surface area contributed by atoms with Crippen molar-refractivity contribution in [1.29, 1.82) is 0 Å². The molecule has 1 aliphatic rings. The van der Waals surface area contributed by atoms with E-state index in [0.29, 0.717) is 21.9 Å². The van der Waals surface area contributed by atoms with Crippen molar-refractivity contribution < 1.29 is 4.79 Å². The number of aryl methyl sites for hydroxylation is 1. The number of fused-ring (bicyclic) bond motifs is 1. The summed E-state index contributed by atoms with van der Waals surface area (Å²) >= 11 is 1.29. The number of rotatable bonds is 5. The van der Waals surface area contributed by atoms with Crippen LogP contribution >= 0.6 is 11.8 Å². The normalized spacial score (nSPS) is 15.5. The minimum atomic E-state index is -0.375. The Hall–Kier alpha value is -2.67. The van der Waals surface area contributed by atoms with Crippen molar-refractivity contribution in [3.8, 4) is 5.82 Å². The van der Waals surface area contributed by atoms with Gasteiger partial charge in [0.2, 0.25) is 5.91 Å². The molecule has 0 bridgehead atoms. The van der Waals surface area contributed by atoms with Crippen LogP contribution in [-0.4, -0.2) is 31.7 Å². The van der Waals surface area contributed by atoms with E-state index in [9.17, 15) is 9.59 Å². The molecule has 0 unspecified atom stereocenters. The number of nitrogens with zero attached hydrogens (tertiary/aromatic N) is 3. The number of pyridine rings is 1. The first-order chi connectivity index (χ1) is 14.0. The number of amides is 1. The molecule has 1 aromatic carbocycles. The molecule has 2 heterocycles. The SMILES string of the molecule is Cc1cccc(-n2c(S[C@@H](C)C(=O)NC3CCCC3)nc3ccccc3c2=O)n1. The zero-order valence-electron chi connectivity index (χ0n) is 16.6. The van der Waals surface area contributed by atoms with E-state index in [0.717, 1.165) is 31.4 Å². The average molecular weight is 409 g/mol. The van der Waals surface area contributed by atoms with Crippen LogP contribution in [0.15, 0.2) is 52.4 Å². The maximum atomic E-state index is 13.3. The number of hydrogen-bond acceptors (Lipinski definition) is 5. The zero-order chi connectivity index (χ0) is 20.4. The molecule has 2 aromatic heterocycles. The summed E-state index contributed by atoms with van der Waals surface area (Å²) in [5.74, 6) is 0.493. The molecule has 7 heteroatoms. The van der Waals surface area contributed by atoms with Crippen molar-refractivity contribution in [1.82, 2.24) is 19.9 Å². The summed E-state index contributed by atoms with van der Waals surface area (Å²) in [6.45, 7) is 3.73. The van der Waals surface area contributed by atoms with Crippen molar-refractivity contribution in [2.75, 3.05) is 0 Å². The number of hydrogen-bond donors (Lipinski definition) is 1. The fourth-order valence-corrected chi connectivity index (χ4v) is 4.57. The van der Waals surface area contributed by atoms with Crippen molar-refractivity contribution in [3.05, 3.63) is 58.5 Å². The van der Waals surface area contributed by atoms with Gasteiger partial charge in [-0.15, -0.1) is 0 Å². The lowest BCUT2D eigenvalue weighted by molar-refractivity contribution is -0.120. The van der Waals surface area contributed by atoms with Crippen LogP contribution in [0.4, 0.5) is 0 Å². The van der Waals surface area contributed by atoms with Gasteiger partial charge in [-0.2, -0.15) is 0 Å². The molecular formula is C22H24N4O2S. The quantitative estimate of drug-likeness (QED) is 0.515. The summed E-state index contributed by atoms with van der Waals surface area (Å²) in [5.41, 5.74) is 1.25. The van der Waals surface area contributed by atoms with Gasteiger partial charge in [0.05, 0.1) is 16.2 Å². The lowest BCUT2D eigenvalue weighted by atomic mass is 10.2. The third kappa shape index (κ3) is 4.19. The molecule has 0 saturated heterocycles. The van der Waals surface area contributed by atoms with Crippen molar-refractivity contribution >= 4 is 28.6 Å². The van der Waals surface area contributed by atoms with Gasteiger partial charge in [0, 0.05) is 11.7 Å². The topological polar surface area (TPSA) is 76.9 Å². The Bertz CT molecular complexity index is 1110. The number of carbonyl (C=O) groups excluding carboxylic acids is 1. The summed E-state index contributed by atoms with van der Waals surface area (Å²) < 4.78 is 1.51. The van der Waals surface area contributed by atoms with Crippen LogP contribution in [0.2, 0.25) is 0 Å². The Kier molecular flexibility index (Phi) is 5.67. The zero-order valence-corrected chi connectivity index (χ0v) is 17.4. The lowest BCUT2D eigenvalue weighted by Crippen LogP contribution is -2.38. The molecule has 1 fully saturated rings. The standard InChI is InChI=1S/C22H24N4O2S/c1-14-8-7-13-19(23-14)26-21(28)17-11-5-6-12-18(17)25-22(26)29-15(2)20(27)24-16-9-3-4-10-16/h5-8,11-13,15-16H,3-4,9-10H2,1-2H3,(H,24,27)/t15-/m0/s1. The highest BCUT2D eigenvalue weighted by atomic mass is 32.2. The van der Waals surface area contributed by atoms with Gasteiger partial charge >= 0.3 is 0 Å². The van der Waals surface area contributed by atoms with Crippen LogP contribution < -0.4 is 10.9 Å². The number of carbonyl (C=O) groups is 1. The summed E-state index contributed by atoms with van der Waals surface area (Å²) in [6.07, 6.45) is 4.40. The van der Waals surface area contributed by atoms with E-state index in [2.05, 4.69) is 10.3 Å². The number of nitrogens with one attached hydrogen (secondary N) is 1. The predicted molar refractivity (Wildman–Crippen MR) is 116 cm³/mol. The third-order valence-electron chi connectivity index (χ3n) is 5.20. The Morgan fingerprint density at radius 1 is 1.14 bits per heavy atom. The molecule has 0 aliphatic heterocycles. The molecule has 1 saturated carbocycles. The first-order valence-corrected chi connectivity index (χ1v) is 10.8. The molecule has 1 aliphatic carbocycles. The van der Waals surface area contributed by atoms with E-state index in [1.807, 2.05) is 44.2 Å². The van der Waals surface area contributed by atoms with Gasteiger partial charge in [0.15, 0.2) is 5.16 Å². The Balaban J connectivity index is 1.73. The summed E-state index contributed by atoms with van der Waals surface area (Å²) in [5, 5.41) is 3.76. The van der Waals surface area contributed by atoms with Gasteiger partial charge in [-0.1, -0.05) is 42.8 Å². The first kappa shape index (κ1) is 19.6. The Morgan fingerprint density at radius 2 is 1.90 bits per heavy atom. The van der Waals surface area contributed by atoms with Crippen LogP contribution in [0.5, 0.6) is 0 Å². The molecule has 0 radical (unpaired) electrons. The van der Waals surface area contributed by atoms with Crippen LogP contribution in [-0.2, 0) is 4.79 Å². The van der Waals surface area contributed by atoms with Gasteiger partial charge in [-0.25, -0.2) is 14.5 Å². The average Bonchev–Trinajstić information content (AvgIpc) is 3.21. The summed E-state index contributed by atoms with van der Waals surface area (Å²) in [7, 11) is 0. The van der Waals surface area contributed by atoms with Crippen LogP contribution in [0.1, 0.15) is 38.3 Å². The van der Waals surface area contributed by atoms with Crippen LogP contribution in [0.25, 0.3) is 16.7 Å². The van der Waals surface area contributed by atoms with Gasteiger partial charge in [-0.05, 0) is 51.0 Å². The maximum Gasteiger partial charge on any atom is 0.267 e. The van der Waals surface area contributed by atoms with Gasteiger partial charge in [0.25, 0.3) is 5.56 Å². The second-order valence-corrected chi connectivity index (χ2v) is 8.75. The molecule has 1 N–H and O–H groups in total. The van der Waals surface area contributed by atoms with E-state index >= 15 is 0 Å². The van der Waals surface area contributed by atoms with Crippen molar-refractivity contribution in [3.63, 3.8) is 0 Å². The van der Waals surface area contributed by atoms with Crippen molar-refractivity contribution in [2.45, 2.75) is 56.0 Å². The molecule has 1 atom stereocenters. The van der Waals surface area contributed by atoms with E-state index in [1.54, 1.807) is 12.1 Å². The van der Waals surface area contributed by atoms with E-state index in [-0.39, 0.29) is 22.8 Å². The summed E-state index contributed by atoms with van der Waals surface area (Å²) in [4.78, 5) is 35.2. The number of thioether (sulfide) groups is 1. The van der Waals surface area contributed by atoms with Crippen LogP contribution in [0.3, 0.4) is 0 Å². The highest BCUT2D eigenvalue weighted by Gasteiger charge is 2.24. The molecule has 4 rings (SSSR count). The lowest BCUT2D eigenvalue weighted by Gasteiger charge is -2.18. The fourth-order valence-electron chi connectivity index (χ4n) is 3.65. The third-order valence-corrected chi connectivity index (χ3v) is 6.25. The second kappa shape index (κ2) is 8.37. The fraction of sp³-hybridized carbons (Fsp3) is 0.364. The largest absolute Gasteiger partial charge is 0.352 e. The molecule has 3 aromatic rings. The number of aromatic nitrogens is 3. The molecule has 0 spiro atoms. The van der Waals surface area contributed by atoms with Gasteiger partial charge in [0.1, 0.15) is 5.82 Å². The predicted octanol–water partition coefficient (Wildman–Crippen LogP) is 3.63. The van der Waals surface area contributed by atoms with Gasteiger partial charge < -0.3 is 5.32 Å². The Labute approximate surface area is 173 Å². The maximum absolute atomic E-state index is 13.3. The minimum absolute atomic E-state index is 0.0203. The van der Waals surface area contributed by atoms with Crippen molar-refractivity contribution in [2.24, 2.45) is 0 Å². The highest BCUT2D eigenvalue weighted by molar-refractivity contribution is 8.00. The minimum Gasteiger partial charge on any atom is -0.352 e. The Morgan fingerprint density at radius 3 is 2.66 bits per heavy atom. The smallest absolute Gasteiger partial charge is 0.267 e. The molecule has 6 nitrogen and oxygen atoms in total. The molecule has 1 amide bonds. The number of benzene rings is 1. The number of para-hydroxylation sites is 1. The second-order valence-electron chi connectivity index (χ2n) is 7.44.